The van der Waals surface area contributed by atoms with Crippen molar-refractivity contribution < 1.29 is 23.8 Å². The Morgan fingerprint density at radius 3 is 2.27 bits per heavy atom. The molecule has 2 aromatic rings. The number of carbonyl (C=O) groups excluding carboxylic acids is 2. The lowest BCUT2D eigenvalue weighted by atomic mass is 10.00. The number of hydrogen-bond donors (Lipinski definition) is 2. The molecule has 0 saturated heterocycles. The smallest absolute Gasteiger partial charge is 0.404 e. The first-order chi connectivity index (χ1) is 17.6. The van der Waals surface area contributed by atoms with Gasteiger partial charge in [0.15, 0.2) is 6.29 Å². The minimum absolute atomic E-state index is 0.0180. The van der Waals surface area contributed by atoms with Gasteiger partial charge in [0.05, 0.1) is 18.7 Å². The maximum Gasteiger partial charge on any atom is 0.404 e. The van der Waals surface area contributed by atoms with Crippen LogP contribution in [0.5, 0.6) is 0 Å². The van der Waals surface area contributed by atoms with Gasteiger partial charge in [0.1, 0.15) is 0 Å². The summed E-state index contributed by atoms with van der Waals surface area (Å²) >= 11 is 0. The minimum Gasteiger partial charge on any atom is -0.450 e. The van der Waals surface area contributed by atoms with Gasteiger partial charge in [-0.05, 0) is 77.1 Å². The summed E-state index contributed by atoms with van der Waals surface area (Å²) in [5, 5.41) is 5.76. The van der Waals surface area contributed by atoms with E-state index >= 15 is 0 Å². The first-order valence-electron chi connectivity index (χ1n) is 13.3. The molecular weight excluding hydrogens is 470 g/mol. The number of benzene rings is 2. The van der Waals surface area contributed by atoms with Crippen molar-refractivity contribution in [2.75, 3.05) is 19.8 Å². The fraction of sp³-hybridized carbons (Fsp3) is 0.586. The van der Waals surface area contributed by atoms with Crippen molar-refractivity contribution in [2.45, 2.75) is 91.3 Å². The van der Waals surface area contributed by atoms with Crippen LogP contribution in [-0.4, -0.2) is 60.6 Å². The largest absolute Gasteiger partial charge is 0.450 e. The zero-order chi connectivity index (χ0) is 27.4. The highest BCUT2D eigenvalue weighted by molar-refractivity contribution is 5.87. The van der Waals surface area contributed by atoms with Crippen LogP contribution in [0.1, 0.15) is 66.4 Å². The number of carbonyl (C=O) groups is 2. The Bertz CT molecular complexity index is 980. The van der Waals surface area contributed by atoms with Crippen LogP contribution in [0.25, 0.3) is 10.8 Å². The predicted molar refractivity (Wildman–Crippen MR) is 147 cm³/mol. The quantitative estimate of drug-likeness (QED) is 0.256. The first kappa shape index (κ1) is 30.5. The van der Waals surface area contributed by atoms with E-state index in [-0.39, 0.29) is 24.1 Å². The summed E-state index contributed by atoms with van der Waals surface area (Å²) in [6.07, 6.45) is 0.577. The van der Waals surface area contributed by atoms with E-state index in [1.807, 2.05) is 64.6 Å². The average molecular weight is 516 g/mol. The molecule has 206 valence electrons. The highest BCUT2D eigenvalue weighted by Crippen LogP contribution is 2.24. The molecule has 0 aliphatic heterocycles. The number of fused-ring (bicyclic) bond motifs is 1. The van der Waals surface area contributed by atoms with Crippen LogP contribution < -0.4 is 11.1 Å². The summed E-state index contributed by atoms with van der Waals surface area (Å²) in [4.78, 5) is 27.0. The van der Waals surface area contributed by atoms with Crippen LogP contribution in [0.3, 0.4) is 0 Å². The second kappa shape index (κ2) is 14.9. The normalized spacial score (nSPS) is 13.5. The Morgan fingerprint density at radius 1 is 1.00 bits per heavy atom. The fourth-order valence-electron chi connectivity index (χ4n) is 4.44. The molecule has 0 heterocycles. The third kappa shape index (κ3) is 9.95. The van der Waals surface area contributed by atoms with E-state index in [9.17, 15) is 9.59 Å². The van der Waals surface area contributed by atoms with E-state index in [0.717, 1.165) is 16.3 Å². The minimum atomic E-state index is -0.784. The third-order valence-electron chi connectivity index (χ3n) is 6.09. The molecule has 0 aliphatic rings. The van der Waals surface area contributed by atoms with Gasteiger partial charge in [0, 0.05) is 25.3 Å². The number of unbranched alkanes of at least 4 members (excludes halogenated alkanes) is 1. The zero-order valence-corrected chi connectivity index (χ0v) is 23.3. The molecule has 2 aromatic carbocycles. The van der Waals surface area contributed by atoms with Crippen molar-refractivity contribution in [1.82, 2.24) is 10.2 Å². The molecule has 2 rings (SSSR count). The predicted octanol–water partition coefficient (Wildman–Crippen LogP) is 4.98. The summed E-state index contributed by atoms with van der Waals surface area (Å²) in [6, 6.07) is 13.6. The van der Waals surface area contributed by atoms with E-state index in [1.165, 1.54) is 0 Å². The van der Waals surface area contributed by atoms with Crippen molar-refractivity contribution in [3.05, 3.63) is 48.0 Å². The number of amides is 2. The van der Waals surface area contributed by atoms with Gasteiger partial charge in [0.25, 0.3) is 0 Å². The lowest BCUT2D eigenvalue weighted by Gasteiger charge is -2.38. The van der Waals surface area contributed by atoms with Gasteiger partial charge in [-0.1, -0.05) is 42.5 Å². The Kier molecular flexibility index (Phi) is 12.3. The van der Waals surface area contributed by atoms with Gasteiger partial charge in [-0.3, -0.25) is 4.79 Å². The van der Waals surface area contributed by atoms with Crippen LogP contribution in [0, 0.1) is 0 Å². The third-order valence-corrected chi connectivity index (χ3v) is 6.09. The highest BCUT2D eigenvalue weighted by atomic mass is 16.7. The molecule has 37 heavy (non-hydrogen) atoms. The Hall–Kier alpha value is -2.68. The molecule has 3 N–H and O–H groups in total. The van der Waals surface area contributed by atoms with Gasteiger partial charge in [-0.2, -0.15) is 0 Å². The van der Waals surface area contributed by atoms with Gasteiger partial charge in [-0.15, -0.1) is 0 Å². The number of nitrogens with one attached hydrogen (secondary N) is 1. The van der Waals surface area contributed by atoms with Crippen molar-refractivity contribution in [3.63, 3.8) is 0 Å². The molecular formula is C29H45N3O5. The molecule has 0 saturated carbocycles. The van der Waals surface area contributed by atoms with Crippen LogP contribution in [0.15, 0.2) is 42.5 Å². The van der Waals surface area contributed by atoms with Crippen molar-refractivity contribution in [2.24, 2.45) is 5.73 Å². The molecule has 0 fully saturated rings. The summed E-state index contributed by atoms with van der Waals surface area (Å²) in [5.74, 6) is -0.0180. The van der Waals surface area contributed by atoms with Crippen LogP contribution in [-0.2, 0) is 25.5 Å². The summed E-state index contributed by atoms with van der Waals surface area (Å²) in [7, 11) is 0. The number of ether oxygens (including phenoxy) is 3. The summed E-state index contributed by atoms with van der Waals surface area (Å²) in [6.45, 7) is 13.6. The van der Waals surface area contributed by atoms with E-state index in [4.69, 9.17) is 19.9 Å². The Labute approximate surface area is 221 Å². The van der Waals surface area contributed by atoms with Crippen molar-refractivity contribution in [3.8, 4) is 0 Å². The van der Waals surface area contributed by atoms with E-state index in [1.54, 1.807) is 0 Å². The molecule has 0 aromatic heterocycles. The maximum atomic E-state index is 14.2. The number of primary amides is 1. The van der Waals surface area contributed by atoms with Gasteiger partial charge in [0.2, 0.25) is 5.91 Å². The second-order valence-corrected chi connectivity index (χ2v) is 10.2. The molecule has 0 unspecified atom stereocenters. The molecule has 0 spiro atoms. The molecule has 2 amide bonds. The molecule has 0 radical (unpaired) electrons. The lowest BCUT2D eigenvalue weighted by molar-refractivity contribution is -0.180. The van der Waals surface area contributed by atoms with Gasteiger partial charge < -0.3 is 30.2 Å². The Balaban J connectivity index is 2.38. The van der Waals surface area contributed by atoms with Crippen LogP contribution in [0.4, 0.5) is 4.79 Å². The topological polar surface area (TPSA) is 103 Å². The van der Waals surface area contributed by atoms with E-state index in [0.29, 0.717) is 39.0 Å². The standard InChI is InChI=1S/C29H45N3O5/c1-7-35-27(36-8-2)21(3)32(20-23-16-13-15-22-14-9-10-17-24(22)23)26(33)25(31-29(4,5)6)18-11-12-19-37-28(30)34/h9-10,13-17,21,25,27,31H,7-8,11-12,18-20H2,1-6H3,(H2,30,34)/t21-,25-/m0/s1. The second-order valence-electron chi connectivity index (χ2n) is 10.2. The van der Waals surface area contributed by atoms with E-state index in [2.05, 4.69) is 29.6 Å². The fourth-order valence-corrected chi connectivity index (χ4v) is 4.44. The maximum absolute atomic E-state index is 14.2. The average Bonchev–Trinajstić information content (AvgIpc) is 2.84. The van der Waals surface area contributed by atoms with Crippen LogP contribution >= 0.6 is 0 Å². The van der Waals surface area contributed by atoms with Crippen LogP contribution in [0.2, 0.25) is 0 Å². The molecule has 8 nitrogen and oxygen atoms in total. The zero-order valence-electron chi connectivity index (χ0n) is 23.3. The molecule has 8 heteroatoms. The number of rotatable bonds is 15. The summed E-state index contributed by atoms with van der Waals surface area (Å²) in [5.41, 5.74) is 5.86. The number of nitrogens with zero attached hydrogens (tertiary/aromatic N) is 1. The lowest BCUT2D eigenvalue weighted by Crippen LogP contribution is -2.56. The highest BCUT2D eigenvalue weighted by Gasteiger charge is 2.34. The van der Waals surface area contributed by atoms with Crippen molar-refractivity contribution in [1.29, 1.82) is 0 Å². The molecule has 0 aliphatic carbocycles. The SMILES string of the molecule is CCOC(OCC)[C@H](C)N(Cc1cccc2ccccc12)C(=O)[C@H](CCCCOC(N)=O)NC(C)(C)C. The monoisotopic (exact) mass is 515 g/mol. The Morgan fingerprint density at radius 2 is 1.65 bits per heavy atom. The number of nitrogens with two attached hydrogens (primary N) is 1. The van der Waals surface area contributed by atoms with Gasteiger partial charge >= 0.3 is 6.09 Å². The van der Waals surface area contributed by atoms with E-state index < -0.39 is 18.4 Å². The molecule has 2 atom stereocenters. The van der Waals surface area contributed by atoms with Gasteiger partial charge in [-0.25, -0.2) is 4.79 Å². The summed E-state index contributed by atoms with van der Waals surface area (Å²) < 4.78 is 16.7. The first-order valence-corrected chi connectivity index (χ1v) is 13.3. The number of hydrogen-bond acceptors (Lipinski definition) is 6. The van der Waals surface area contributed by atoms with Crippen molar-refractivity contribution >= 4 is 22.8 Å². The molecule has 0 bridgehead atoms.